The van der Waals surface area contributed by atoms with Crippen molar-refractivity contribution in [3.05, 3.63) is 58.1 Å². The Morgan fingerprint density at radius 2 is 1.87 bits per heavy atom. The van der Waals surface area contributed by atoms with E-state index in [-0.39, 0.29) is 12.4 Å². The molecule has 0 radical (unpaired) electrons. The van der Waals surface area contributed by atoms with Gasteiger partial charge < -0.3 is 24.8 Å². The molecule has 3 aliphatic rings. The summed E-state index contributed by atoms with van der Waals surface area (Å²) < 4.78 is 6.35. The number of nitriles is 1. The summed E-state index contributed by atoms with van der Waals surface area (Å²) in [5.74, 6) is 1.47. The molecule has 1 atom stereocenters. The number of hydrogen-bond acceptors (Lipinski definition) is 7. The Morgan fingerprint density at radius 1 is 1.08 bits per heavy atom. The number of ether oxygens (including phenoxy) is 1. The Kier molecular flexibility index (Phi) is 8.15. The monoisotopic (exact) mass is 552 g/mol. The molecule has 4 heterocycles. The van der Waals surface area contributed by atoms with Crippen LogP contribution in [0.15, 0.2) is 36.4 Å². The first-order valence-corrected chi connectivity index (χ1v) is 13.7. The predicted molar refractivity (Wildman–Crippen MR) is 156 cm³/mol. The summed E-state index contributed by atoms with van der Waals surface area (Å²) in [5.41, 5.74) is 3.90. The van der Waals surface area contributed by atoms with Crippen LogP contribution in [0.5, 0.6) is 5.88 Å². The zero-order chi connectivity index (χ0) is 25.4. The van der Waals surface area contributed by atoms with Gasteiger partial charge in [0.25, 0.3) is 0 Å². The molecule has 0 saturated carbocycles. The molecule has 0 aliphatic carbocycles. The normalized spacial score (nSPS) is 19.7. The van der Waals surface area contributed by atoms with Gasteiger partial charge in [-0.3, -0.25) is 0 Å². The number of nitrogens with one attached hydrogen (secondary N) is 1. The zero-order valence-corrected chi connectivity index (χ0v) is 23.3. The number of halogens is 2. The van der Waals surface area contributed by atoms with Gasteiger partial charge in [-0.15, -0.1) is 12.4 Å². The van der Waals surface area contributed by atoms with Gasteiger partial charge in [0, 0.05) is 67.5 Å². The van der Waals surface area contributed by atoms with Crippen LogP contribution in [-0.2, 0) is 13.0 Å². The highest BCUT2D eigenvalue weighted by molar-refractivity contribution is 6.36. The van der Waals surface area contributed by atoms with Crippen molar-refractivity contribution in [3.8, 4) is 11.9 Å². The third-order valence-electron chi connectivity index (χ3n) is 8.12. The van der Waals surface area contributed by atoms with Gasteiger partial charge in [0.05, 0.1) is 5.02 Å². The lowest BCUT2D eigenvalue weighted by Crippen LogP contribution is -2.45. The lowest BCUT2D eigenvalue weighted by molar-refractivity contribution is 0.193. The number of likely N-dealkylation sites (tertiary alicyclic amines) is 1. The molecule has 2 aromatic carbocycles. The van der Waals surface area contributed by atoms with Crippen molar-refractivity contribution in [2.75, 3.05) is 62.7 Å². The number of anilines is 2. The van der Waals surface area contributed by atoms with E-state index in [0.717, 1.165) is 85.0 Å². The summed E-state index contributed by atoms with van der Waals surface area (Å²) in [4.78, 5) is 12.1. The van der Waals surface area contributed by atoms with Gasteiger partial charge in [-0.2, -0.15) is 10.2 Å². The fraction of sp³-hybridized carbons (Fsp3) is 0.448. The molecular weight excluding hydrogens is 519 g/mol. The molecule has 9 heteroatoms. The Labute approximate surface area is 235 Å². The van der Waals surface area contributed by atoms with E-state index in [9.17, 15) is 5.26 Å². The maximum Gasteiger partial charge on any atom is 0.234 e. The first kappa shape index (κ1) is 26.8. The highest BCUT2D eigenvalue weighted by atomic mass is 35.5. The number of fused-ring (bicyclic) bond motifs is 2. The SMILES string of the molecule is CN1CCC[C@H]1COc1nc(N2CCNCC2)c2c(c1C#N)CN(c1cccc3cccc(Cl)c13)CC2.Cl. The number of rotatable bonds is 5. The molecule has 2 saturated heterocycles. The molecule has 1 aromatic heterocycles. The molecule has 0 unspecified atom stereocenters. The van der Waals surface area contributed by atoms with E-state index in [2.05, 4.69) is 57.4 Å². The Balaban J connectivity index is 0.00000294. The fourth-order valence-electron chi connectivity index (χ4n) is 6.06. The number of aromatic nitrogens is 1. The zero-order valence-electron chi connectivity index (χ0n) is 21.8. The smallest absolute Gasteiger partial charge is 0.234 e. The van der Waals surface area contributed by atoms with Crippen LogP contribution in [0.3, 0.4) is 0 Å². The quantitative estimate of drug-likeness (QED) is 0.495. The van der Waals surface area contributed by atoms with E-state index < -0.39 is 0 Å². The molecule has 0 amide bonds. The molecule has 6 rings (SSSR count). The predicted octanol–water partition coefficient (Wildman–Crippen LogP) is 4.63. The largest absolute Gasteiger partial charge is 0.475 e. The van der Waals surface area contributed by atoms with Crippen LogP contribution >= 0.6 is 24.0 Å². The van der Waals surface area contributed by atoms with Crippen molar-refractivity contribution >= 4 is 46.3 Å². The van der Waals surface area contributed by atoms with Crippen LogP contribution in [-0.4, -0.2) is 68.8 Å². The van der Waals surface area contributed by atoms with E-state index in [0.29, 0.717) is 30.6 Å². The van der Waals surface area contributed by atoms with Crippen molar-refractivity contribution in [2.24, 2.45) is 0 Å². The van der Waals surface area contributed by atoms with Crippen molar-refractivity contribution in [3.63, 3.8) is 0 Å². The third kappa shape index (κ3) is 4.99. The van der Waals surface area contributed by atoms with Crippen LogP contribution in [0.2, 0.25) is 5.02 Å². The molecule has 3 aromatic rings. The summed E-state index contributed by atoms with van der Waals surface area (Å²) in [7, 11) is 2.14. The Bertz CT molecular complexity index is 1350. The maximum absolute atomic E-state index is 10.3. The van der Waals surface area contributed by atoms with Crippen LogP contribution in [0.4, 0.5) is 11.5 Å². The summed E-state index contributed by atoms with van der Waals surface area (Å²) in [5, 5.41) is 16.7. The maximum atomic E-state index is 10.3. The summed E-state index contributed by atoms with van der Waals surface area (Å²) in [6, 6.07) is 15.2. The third-order valence-corrected chi connectivity index (χ3v) is 8.44. The molecule has 200 valence electrons. The number of likely N-dealkylation sites (N-methyl/N-ethyl adjacent to an activating group) is 1. The summed E-state index contributed by atoms with van der Waals surface area (Å²) >= 11 is 6.68. The van der Waals surface area contributed by atoms with Crippen LogP contribution < -0.4 is 19.9 Å². The average molecular weight is 554 g/mol. The minimum Gasteiger partial charge on any atom is -0.475 e. The van der Waals surface area contributed by atoms with Crippen LogP contribution in [0.1, 0.15) is 29.5 Å². The number of piperazine rings is 1. The molecule has 38 heavy (non-hydrogen) atoms. The molecule has 3 aliphatic heterocycles. The highest BCUT2D eigenvalue weighted by Crippen LogP contribution is 2.39. The van der Waals surface area contributed by atoms with Crippen molar-refractivity contribution in [1.29, 1.82) is 5.26 Å². The lowest BCUT2D eigenvalue weighted by Gasteiger charge is -2.36. The van der Waals surface area contributed by atoms with Gasteiger partial charge in [-0.1, -0.05) is 35.9 Å². The first-order valence-electron chi connectivity index (χ1n) is 13.3. The second-order valence-corrected chi connectivity index (χ2v) is 10.7. The van der Waals surface area contributed by atoms with E-state index in [4.69, 9.17) is 21.3 Å². The lowest BCUT2D eigenvalue weighted by atomic mass is 9.94. The van der Waals surface area contributed by atoms with Crippen LogP contribution in [0, 0.1) is 11.3 Å². The second-order valence-electron chi connectivity index (χ2n) is 10.3. The van der Waals surface area contributed by atoms with Crippen LogP contribution in [0.25, 0.3) is 10.8 Å². The van der Waals surface area contributed by atoms with Gasteiger partial charge in [0.2, 0.25) is 5.88 Å². The minimum absolute atomic E-state index is 0. The molecule has 2 fully saturated rings. The summed E-state index contributed by atoms with van der Waals surface area (Å²) in [6.45, 7) is 6.78. The molecule has 1 N–H and O–H groups in total. The van der Waals surface area contributed by atoms with E-state index >= 15 is 0 Å². The number of pyridine rings is 1. The number of hydrogen-bond donors (Lipinski definition) is 1. The van der Waals surface area contributed by atoms with Gasteiger partial charge in [-0.25, -0.2) is 0 Å². The Morgan fingerprint density at radius 3 is 2.61 bits per heavy atom. The van der Waals surface area contributed by atoms with Gasteiger partial charge in [0.15, 0.2) is 0 Å². The topological polar surface area (TPSA) is 67.7 Å². The molecule has 0 bridgehead atoms. The van der Waals surface area contributed by atoms with E-state index in [1.165, 1.54) is 12.0 Å². The highest BCUT2D eigenvalue weighted by Gasteiger charge is 2.31. The number of nitrogens with zero attached hydrogens (tertiary/aromatic N) is 5. The van der Waals surface area contributed by atoms with Crippen molar-refractivity contribution in [2.45, 2.75) is 31.8 Å². The van der Waals surface area contributed by atoms with E-state index in [1.54, 1.807) is 0 Å². The molecular formula is C29H34Cl2N6O. The van der Waals surface area contributed by atoms with Crippen molar-refractivity contribution < 1.29 is 4.74 Å². The van der Waals surface area contributed by atoms with E-state index in [1.807, 2.05) is 12.1 Å². The number of benzene rings is 2. The standard InChI is InChI=1S/C29H33ClN6O.ClH/c1-34-13-4-7-21(34)19-37-29-23(17-31)24-18-36(26-9-3-6-20-5-2-8-25(30)27(20)26)14-10-22(24)28(33-29)35-15-11-32-12-16-35;/h2-3,5-6,8-9,21,32H,4,7,10-16,18-19H2,1H3;1H/t21-;/m0./s1. The Hall–Kier alpha value is -2.76. The molecule has 0 spiro atoms. The van der Waals surface area contributed by atoms with Gasteiger partial charge >= 0.3 is 0 Å². The first-order chi connectivity index (χ1) is 18.1. The molecule has 7 nitrogen and oxygen atoms in total. The fourth-order valence-corrected chi connectivity index (χ4v) is 6.34. The minimum atomic E-state index is 0. The average Bonchev–Trinajstić information content (AvgIpc) is 3.35. The van der Waals surface area contributed by atoms with Gasteiger partial charge in [0.1, 0.15) is 24.1 Å². The summed E-state index contributed by atoms with van der Waals surface area (Å²) in [6.07, 6.45) is 3.12. The van der Waals surface area contributed by atoms with Crippen molar-refractivity contribution in [1.82, 2.24) is 15.2 Å². The van der Waals surface area contributed by atoms with Gasteiger partial charge in [-0.05, 0) is 50.4 Å². The second kappa shape index (κ2) is 11.5.